The first-order chi connectivity index (χ1) is 9.14. The lowest BCUT2D eigenvalue weighted by Gasteiger charge is -2.57. The van der Waals surface area contributed by atoms with Gasteiger partial charge in [0, 0.05) is 0 Å². The second kappa shape index (κ2) is 3.84. The maximum absolute atomic E-state index is 10.8. The fourth-order valence-electron chi connectivity index (χ4n) is 5.42. The van der Waals surface area contributed by atoms with Crippen molar-refractivity contribution in [3.63, 3.8) is 0 Å². The summed E-state index contributed by atoms with van der Waals surface area (Å²) >= 11 is 0. The number of hydrogen-bond acceptors (Lipinski definition) is 2. The summed E-state index contributed by atoms with van der Waals surface area (Å²) in [4.78, 5) is 10.8. The van der Waals surface area contributed by atoms with Crippen LogP contribution >= 0.6 is 0 Å². The van der Waals surface area contributed by atoms with Gasteiger partial charge in [0.25, 0.3) is 0 Å². The van der Waals surface area contributed by atoms with Gasteiger partial charge in [-0.05, 0) is 72.8 Å². The minimum Gasteiger partial charge on any atom is -0.545 e. The zero-order chi connectivity index (χ0) is 13.0. The lowest BCUT2D eigenvalue weighted by atomic mass is 9.48. The van der Waals surface area contributed by atoms with E-state index in [0.717, 1.165) is 17.8 Å². The second-order valence-corrected chi connectivity index (χ2v) is 7.06. The van der Waals surface area contributed by atoms with Crippen molar-refractivity contribution in [1.29, 1.82) is 0 Å². The Morgan fingerprint density at radius 2 is 1.42 bits per heavy atom. The van der Waals surface area contributed by atoms with Gasteiger partial charge < -0.3 is 9.90 Å². The monoisotopic (exact) mass is 255 g/mol. The Bertz CT molecular complexity index is 479. The summed E-state index contributed by atoms with van der Waals surface area (Å²) in [5.41, 5.74) is 2.03. The van der Waals surface area contributed by atoms with Gasteiger partial charge in [0.05, 0.1) is 5.97 Å². The smallest absolute Gasteiger partial charge is 0.0715 e. The molecule has 0 aromatic heterocycles. The van der Waals surface area contributed by atoms with Crippen molar-refractivity contribution >= 4 is 5.97 Å². The molecule has 4 fully saturated rings. The van der Waals surface area contributed by atoms with Crippen LogP contribution in [0.15, 0.2) is 24.3 Å². The highest BCUT2D eigenvalue weighted by atomic mass is 16.4. The van der Waals surface area contributed by atoms with E-state index in [-0.39, 0.29) is 0 Å². The average molecular weight is 255 g/mol. The fourth-order valence-corrected chi connectivity index (χ4v) is 5.42. The van der Waals surface area contributed by atoms with Crippen LogP contribution in [0.4, 0.5) is 0 Å². The van der Waals surface area contributed by atoms with Gasteiger partial charge in [0.1, 0.15) is 0 Å². The van der Waals surface area contributed by atoms with Gasteiger partial charge in [-0.25, -0.2) is 0 Å². The van der Waals surface area contributed by atoms with E-state index in [4.69, 9.17) is 0 Å². The molecule has 2 nitrogen and oxygen atoms in total. The number of carbonyl (C=O) groups is 1. The number of aromatic carboxylic acids is 1. The van der Waals surface area contributed by atoms with Crippen molar-refractivity contribution in [2.45, 2.75) is 43.9 Å². The quantitative estimate of drug-likeness (QED) is 0.814. The molecule has 2 heteroatoms. The molecule has 0 radical (unpaired) electrons. The van der Waals surface area contributed by atoms with Gasteiger partial charge >= 0.3 is 0 Å². The molecule has 4 aliphatic carbocycles. The topological polar surface area (TPSA) is 40.1 Å². The molecule has 100 valence electrons. The van der Waals surface area contributed by atoms with Crippen LogP contribution in [-0.2, 0) is 5.41 Å². The lowest BCUT2D eigenvalue weighted by Crippen LogP contribution is -2.48. The molecule has 19 heavy (non-hydrogen) atoms. The van der Waals surface area contributed by atoms with E-state index in [9.17, 15) is 9.90 Å². The van der Waals surface area contributed by atoms with E-state index in [2.05, 4.69) is 0 Å². The minimum atomic E-state index is -1.07. The van der Waals surface area contributed by atoms with Gasteiger partial charge in [-0.2, -0.15) is 0 Å². The van der Waals surface area contributed by atoms with Crippen molar-refractivity contribution in [2.24, 2.45) is 17.8 Å². The van der Waals surface area contributed by atoms with Crippen molar-refractivity contribution in [3.05, 3.63) is 35.4 Å². The van der Waals surface area contributed by atoms with Gasteiger partial charge in [-0.1, -0.05) is 24.3 Å². The largest absolute Gasteiger partial charge is 0.545 e. The first-order valence-corrected chi connectivity index (χ1v) is 7.46. The Hall–Kier alpha value is -1.31. The van der Waals surface area contributed by atoms with E-state index in [1.165, 1.54) is 44.1 Å². The van der Waals surface area contributed by atoms with Gasteiger partial charge in [-0.15, -0.1) is 0 Å². The predicted molar refractivity (Wildman–Crippen MR) is 70.6 cm³/mol. The molecule has 0 heterocycles. The molecule has 0 unspecified atom stereocenters. The fraction of sp³-hybridized carbons (Fsp3) is 0.588. The summed E-state index contributed by atoms with van der Waals surface area (Å²) in [5, 5.41) is 10.8. The average Bonchev–Trinajstić information content (AvgIpc) is 2.37. The van der Waals surface area contributed by atoms with Crippen molar-refractivity contribution in [3.8, 4) is 0 Å². The van der Waals surface area contributed by atoms with Crippen LogP contribution in [-0.4, -0.2) is 5.97 Å². The van der Waals surface area contributed by atoms with E-state index < -0.39 is 5.97 Å². The molecule has 1 aromatic rings. The molecule has 0 amide bonds. The van der Waals surface area contributed by atoms with Crippen LogP contribution in [0.25, 0.3) is 0 Å². The van der Waals surface area contributed by atoms with Gasteiger partial charge in [0.15, 0.2) is 0 Å². The first kappa shape index (κ1) is 11.5. The predicted octanol–water partition coefficient (Wildman–Crippen LogP) is 2.52. The second-order valence-electron chi connectivity index (χ2n) is 7.06. The van der Waals surface area contributed by atoms with E-state index in [0.29, 0.717) is 11.0 Å². The standard InChI is InChI=1S/C17H20O2/c18-16(19)14-1-3-15(4-2-14)17-8-11-5-12(9-17)7-13(6-11)10-17/h1-4,11-13H,5-10H2,(H,18,19)/p-1. The molecule has 4 bridgehead atoms. The molecule has 0 saturated heterocycles. The van der Waals surface area contributed by atoms with E-state index in [1.807, 2.05) is 12.1 Å². The normalized spacial score (nSPS) is 39.5. The molecule has 0 atom stereocenters. The van der Waals surface area contributed by atoms with Gasteiger partial charge in [0.2, 0.25) is 0 Å². The molecule has 0 spiro atoms. The van der Waals surface area contributed by atoms with Gasteiger partial charge in [-0.3, -0.25) is 0 Å². The maximum Gasteiger partial charge on any atom is 0.0715 e. The number of carboxylic acid groups (broad SMARTS) is 1. The molecule has 4 saturated carbocycles. The molecular formula is C17H19O2-. The number of carbonyl (C=O) groups excluding carboxylic acids is 1. The molecule has 1 aromatic carbocycles. The Balaban J connectivity index is 1.69. The summed E-state index contributed by atoms with van der Waals surface area (Å²) in [5.74, 6) is 1.70. The summed E-state index contributed by atoms with van der Waals surface area (Å²) in [7, 11) is 0. The number of benzene rings is 1. The third-order valence-electron chi connectivity index (χ3n) is 5.77. The molecule has 0 aliphatic heterocycles. The molecular weight excluding hydrogens is 236 g/mol. The van der Waals surface area contributed by atoms with Crippen LogP contribution in [0.1, 0.15) is 54.4 Å². The summed E-state index contributed by atoms with van der Waals surface area (Å²) in [6.45, 7) is 0. The van der Waals surface area contributed by atoms with E-state index >= 15 is 0 Å². The van der Waals surface area contributed by atoms with Crippen molar-refractivity contribution in [1.82, 2.24) is 0 Å². The zero-order valence-electron chi connectivity index (χ0n) is 11.1. The minimum absolute atomic E-state index is 0.300. The summed E-state index contributed by atoms with van der Waals surface area (Å²) in [6.07, 6.45) is 8.29. The van der Waals surface area contributed by atoms with E-state index in [1.54, 1.807) is 12.1 Å². The number of hydrogen-bond donors (Lipinski definition) is 0. The van der Waals surface area contributed by atoms with Crippen LogP contribution in [0.2, 0.25) is 0 Å². The highest BCUT2D eigenvalue weighted by Crippen LogP contribution is 2.60. The Morgan fingerprint density at radius 1 is 0.947 bits per heavy atom. The van der Waals surface area contributed by atoms with Crippen LogP contribution in [0.3, 0.4) is 0 Å². The lowest BCUT2D eigenvalue weighted by molar-refractivity contribution is -0.255. The third kappa shape index (κ3) is 1.73. The third-order valence-corrected chi connectivity index (χ3v) is 5.77. The summed E-state index contributed by atoms with van der Waals surface area (Å²) < 4.78 is 0. The molecule has 4 aliphatic rings. The van der Waals surface area contributed by atoms with Crippen LogP contribution in [0.5, 0.6) is 0 Å². The van der Waals surface area contributed by atoms with Crippen molar-refractivity contribution < 1.29 is 9.90 Å². The Morgan fingerprint density at radius 3 is 1.84 bits per heavy atom. The maximum atomic E-state index is 10.8. The Labute approximate surface area is 113 Å². The highest BCUT2D eigenvalue weighted by molar-refractivity contribution is 5.85. The first-order valence-electron chi connectivity index (χ1n) is 7.46. The van der Waals surface area contributed by atoms with Crippen LogP contribution in [0, 0.1) is 17.8 Å². The molecule has 0 N–H and O–H groups in total. The SMILES string of the molecule is O=C([O-])c1ccc(C23CC4CC(CC(C4)C2)C3)cc1. The van der Waals surface area contributed by atoms with Crippen LogP contribution < -0.4 is 5.11 Å². The number of rotatable bonds is 2. The summed E-state index contributed by atoms with van der Waals surface area (Å²) in [6, 6.07) is 7.53. The Kier molecular flexibility index (Phi) is 2.33. The zero-order valence-corrected chi connectivity index (χ0v) is 11.1. The van der Waals surface area contributed by atoms with Crippen molar-refractivity contribution in [2.75, 3.05) is 0 Å². The molecule has 5 rings (SSSR count). The highest BCUT2D eigenvalue weighted by Gasteiger charge is 2.51. The number of carboxylic acids is 1.